The average Bonchev–Trinajstić information content (AvgIpc) is 2.70. The number of ether oxygens (including phenoxy) is 3. The smallest absolute Gasteiger partial charge is 0.417 e. The first-order valence-electron chi connectivity index (χ1n) is 9.21. The third-order valence-corrected chi connectivity index (χ3v) is 4.93. The molecular formula is C18H26N2O9S. The molecule has 1 saturated heterocycles. The van der Waals surface area contributed by atoms with Gasteiger partial charge >= 0.3 is 17.9 Å². The summed E-state index contributed by atoms with van der Waals surface area (Å²) in [5, 5.41) is 4.89. The Morgan fingerprint density at radius 1 is 1.07 bits per heavy atom. The molecule has 2 N–H and O–H groups in total. The van der Waals surface area contributed by atoms with Crippen LogP contribution in [0, 0.1) is 5.41 Å². The maximum Gasteiger partial charge on any atom is 0.417 e. The molecule has 1 rings (SSSR count). The number of rotatable bonds is 3. The molecule has 0 unspecified atom stereocenters. The summed E-state index contributed by atoms with van der Waals surface area (Å²) in [6.45, 7) is 2.84. The molecule has 1 aliphatic heterocycles. The van der Waals surface area contributed by atoms with Crippen LogP contribution < -0.4 is 10.6 Å². The molecule has 1 atom stereocenters. The molecule has 0 aliphatic carbocycles. The first-order valence-corrected chi connectivity index (χ1v) is 10.2. The zero-order valence-corrected chi connectivity index (χ0v) is 17.9. The fourth-order valence-electron chi connectivity index (χ4n) is 2.34. The van der Waals surface area contributed by atoms with Crippen LogP contribution in [0.1, 0.15) is 33.1 Å². The fraction of sp³-hybridized carbons (Fsp3) is 0.667. The topological polar surface area (TPSA) is 154 Å². The van der Waals surface area contributed by atoms with Crippen molar-refractivity contribution in [3.8, 4) is 0 Å². The lowest BCUT2D eigenvalue weighted by molar-refractivity contribution is -0.174. The first kappa shape index (κ1) is 25.4. The van der Waals surface area contributed by atoms with Crippen LogP contribution in [-0.2, 0) is 43.0 Å². The molecule has 168 valence electrons. The van der Waals surface area contributed by atoms with Crippen molar-refractivity contribution < 1.29 is 43.0 Å². The highest BCUT2D eigenvalue weighted by Gasteiger charge is 2.40. The highest BCUT2D eigenvalue weighted by Crippen LogP contribution is 2.25. The molecule has 2 amide bonds. The third kappa shape index (κ3) is 8.80. The quantitative estimate of drug-likeness (QED) is 0.324. The van der Waals surface area contributed by atoms with Gasteiger partial charge in [0.1, 0.15) is 6.61 Å². The van der Waals surface area contributed by atoms with E-state index in [1.54, 1.807) is 0 Å². The highest BCUT2D eigenvalue weighted by molar-refractivity contribution is 8.13. The first-order chi connectivity index (χ1) is 14.1. The molecule has 0 bridgehead atoms. The molecule has 12 heteroatoms. The second kappa shape index (κ2) is 12.2. The number of carbonyl (C=O) groups excluding carboxylic acids is 6. The Labute approximate surface area is 177 Å². The number of cyclic esters (lactones) is 1. The summed E-state index contributed by atoms with van der Waals surface area (Å²) < 4.78 is 14.4. The maximum absolute atomic E-state index is 12.6. The zero-order valence-electron chi connectivity index (χ0n) is 17.1. The molecule has 0 aromatic rings. The number of carbonyl (C=O) groups is 6. The summed E-state index contributed by atoms with van der Waals surface area (Å²) in [6.07, 6.45) is -1.74. The molecule has 0 spiro atoms. The second-order valence-corrected chi connectivity index (χ2v) is 8.19. The minimum absolute atomic E-state index is 0.0111. The lowest BCUT2D eigenvalue weighted by atomic mass is 9.86. The summed E-state index contributed by atoms with van der Waals surface area (Å²) in [7, 11) is 1.01. The normalized spacial score (nSPS) is 20.0. The summed E-state index contributed by atoms with van der Waals surface area (Å²) in [6, 6.07) is 0. The number of hydrogen-bond acceptors (Lipinski definition) is 10. The molecular weight excluding hydrogens is 420 g/mol. The fourth-order valence-corrected chi connectivity index (χ4v) is 3.02. The van der Waals surface area contributed by atoms with E-state index in [4.69, 9.17) is 9.47 Å². The van der Waals surface area contributed by atoms with E-state index < -0.39 is 41.9 Å². The van der Waals surface area contributed by atoms with E-state index in [2.05, 4.69) is 15.4 Å². The van der Waals surface area contributed by atoms with Gasteiger partial charge in [-0.3, -0.25) is 19.2 Å². The molecule has 1 aliphatic rings. The van der Waals surface area contributed by atoms with Crippen molar-refractivity contribution in [2.75, 3.05) is 32.6 Å². The molecule has 0 aromatic heterocycles. The van der Waals surface area contributed by atoms with Gasteiger partial charge in [0.2, 0.25) is 5.91 Å². The van der Waals surface area contributed by atoms with Gasteiger partial charge in [-0.15, -0.1) is 0 Å². The van der Waals surface area contributed by atoms with E-state index in [0.717, 1.165) is 18.9 Å². The van der Waals surface area contributed by atoms with Crippen molar-refractivity contribution in [1.29, 1.82) is 0 Å². The van der Waals surface area contributed by atoms with Crippen LogP contribution in [0.15, 0.2) is 0 Å². The van der Waals surface area contributed by atoms with Crippen LogP contribution in [-0.4, -0.2) is 73.5 Å². The second-order valence-electron chi connectivity index (χ2n) is 7.04. The summed E-state index contributed by atoms with van der Waals surface area (Å²) in [5.74, 6) is -3.89. The van der Waals surface area contributed by atoms with Crippen molar-refractivity contribution in [2.45, 2.75) is 39.2 Å². The van der Waals surface area contributed by atoms with Crippen LogP contribution in [0.4, 0.5) is 0 Å². The lowest BCUT2D eigenvalue weighted by Gasteiger charge is -2.32. The Morgan fingerprint density at radius 3 is 2.43 bits per heavy atom. The maximum atomic E-state index is 12.6. The predicted molar refractivity (Wildman–Crippen MR) is 104 cm³/mol. The molecule has 0 radical (unpaired) electrons. The van der Waals surface area contributed by atoms with E-state index in [9.17, 15) is 28.8 Å². The Hall–Kier alpha value is -2.63. The molecule has 0 saturated carbocycles. The van der Waals surface area contributed by atoms with Crippen molar-refractivity contribution in [3.63, 3.8) is 0 Å². The number of nitrogens with one attached hydrogen (secondary N) is 2. The van der Waals surface area contributed by atoms with Gasteiger partial charge < -0.3 is 24.8 Å². The van der Waals surface area contributed by atoms with Crippen molar-refractivity contribution in [1.82, 2.24) is 10.6 Å². The number of thioether (sulfide) groups is 1. The van der Waals surface area contributed by atoms with Crippen LogP contribution >= 0.6 is 11.8 Å². The van der Waals surface area contributed by atoms with Crippen molar-refractivity contribution >= 4 is 46.6 Å². The third-order valence-electron chi connectivity index (χ3n) is 4.00. The van der Waals surface area contributed by atoms with Crippen LogP contribution in [0.5, 0.6) is 0 Å². The average molecular weight is 446 g/mol. The van der Waals surface area contributed by atoms with E-state index in [1.807, 2.05) is 0 Å². The van der Waals surface area contributed by atoms with Crippen LogP contribution in [0.25, 0.3) is 0 Å². The molecule has 1 fully saturated rings. The van der Waals surface area contributed by atoms with E-state index in [1.165, 1.54) is 13.8 Å². The lowest BCUT2D eigenvalue weighted by Crippen LogP contribution is -2.49. The molecule has 30 heavy (non-hydrogen) atoms. The monoisotopic (exact) mass is 446 g/mol. The predicted octanol–water partition coefficient (Wildman–Crippen LogP) is -0.683. The minimum atomic E-state index is -1.40. The van der Waals surface area contributed by atoms with Crippen molar-refractivity contribution in [2.24, 2.45) is 5.41 Å². The number of esters is 3. The summed E-state index contributed by atoms with van der Waals surface area (Å²) in [5.41, 5.74) is -1.22. The molecule has 11 nitrogen and oxygen atoms in total. The van der Waals surface area contributed by atoms with Crippen LogP contribution in [0.2, 0.25) is 0 Å². The largest absolute Gasteiger partial charge is 0.461 e. The molecule has 1 heterocycles. The van der Waals surface area contributed by atoms with E-state index in [-0.39, 0.29) is 43.4 Å². The number of methoxy groups -OCH3 is 1. The highest BCUT2D eigenvalue weighted by atomic mass is 32.2. The van der Waals surface area contributed by atoms with Gasteiger partial charge in [0.15, 0.2) is 11.2 Å². The Kier molecular flexibility index (Phi) is 10.3. The van der Waals surface area contributed by atoms with Crippen molar-refractivity contribution in [3.05, 3.63) is 0 Å². The minimum Gasteiger partial charge on any atom is -0.461 e. The van der Waals surface area contributed by atoms with Crippen LogP contribution in [0.3, 0.4) is 0 Å². The van der Waals surface area contributed by atoms with E-state index in [0.29, 0.717) is 5.75 Å². The number of amides is 2. The SMILES string of the molecule is COC(=O)C(=O)OCC(C)(C)[C@H]1OC(=O)CCC(=O)SCCNC(=O)CCNC1=O. The Bertz CT molecular complexity index is 693. The van der Waals surface area contributed by atoms with Gasteiger partial charge in [-0.1, -0.05) is 25.6 Å². The summed E-state index contributed by atoms with van der Waals surface area (Å²) >= 11 is 0.990. The van der Waals surface area contributed by atoms with Gasteiger partial charge in [0.25, 0.3) is 5.91 Å². The Balaban J connectivity index is 2.92. The van der Waals surface area contributed by atoms with Gasteiger partial charge in [-0.25, -0.2) is 9.59 Å². The van der Waals surface area contributed by atoms with Gasteiger partial charge in [-0.05, 0) is 0 Å². The van der Waals surface area contributed by atoms with E-state index >= 15 is 0 Å². The van der Waals surface area contributed by atoms with Gasteiger partial charge in [-0.2, -0.15) is 0 Å². The summed E-state index contributed by atoms with van der Waals surface area (Å²) in [4.78, 5) is 71.2. The standard InChI is InChI=1S/C18H26N2O9S/c1-18(2,10-28-17(26)16(25)27-3)14-15(24)20-7-6-11(21)19-8-9-30-13(23)5-4-12(22)29-14/h14H,4-10H2,1-3H3,(H,19,21)(H,20,24)/t14-/m0/s1. The zero-order chi connectivity index (χ0) is 22.7. The van der Waals surface area contributed by atoms with Gasteiger partial charge in [0, 0.05) is 37.1 Å². The molecule has 0 aromatic carbocycles. The van der Waals surface area contributed by atoms with Gasteiger partial charge in [0.05, 0.1) is 13.5 Å². The number of hydrogen-bond donors (Lipinski definition) is 2. The Morgan fingerprint density at radius 2 is 1.77 bits per heavy atom.